The van der Waals surface area contributed by atoms with Crippen LogP contribution in [0, 0.1) is 11.3 Å². The monoisotopic (exact) mass is 316 g/mol. The molecule has 2 saturated heterocycles. The lowest BCUT2D eigenvalue weighted by Crippen LogP contribution is -2.59. The summed E-state index contributed by atoms with van der Waals surface area (Å²) in [5.41, 5.74) is 1.14. The highest BCUT2D eigenvalue weighted by Crippen LogP contribution is 2.40. The Bertz CT molecular complexity index is 582. The zero-order valence-corrected chi connectivity index (χ0v) is 13.9. The summed E-state index contributed by atoms with van der Waals surface area (Å²) < 4.78 is 0. The molecular formula is C17H24N4O2. The molecule has 0 saturated carbocycles. The SMILES string of the molecule is CC(C)C(=O)N1CCC2(CN(C(=O)CCc3cncnc3)C2)C1. The molecule has 0 bridgehead atoms. The van der Waals surface area contributed by atoms with Crippen LogP contribution in [0.1, 0.15) is 32.3 Å². The number of likely N-dealkylation sites (tertiary alicyclic amines) is 2. The summed E-state index contributed by atoms with van der Waals surface area (Å²) in [7, 11) is 0. The van der Waals surface area contributed by atoms with E-state index in [2.05, 4.69) is 9.97 Å². The van der Waals surface area contributed by atoms with Gasteiger partial charge in [-0.05, 0) is 18.4 Å². The fraction of sp³-hybridized carbons (Fsp3) is 0.647. The average molecular weight is 316 g/mol. The number of amides is 2. The minimum Gasteiger partial charge on any atom is -0.342 e. The first kappa shape index (κ1) is 15.9. The lowest BCUT2D eigenvalue weighted by atomic mass is 9.79. The van der Waals surface area contributed by atoms with E-state index in [0.717, 1.165) is 38.2 Å². The minimum absolute atomic E-state index is 0.0519. The van der Waals surface area contributed by atoms with Crippen LogP contribution in [0.15, 0.2) is 18.7 Å². The molecule has 0 N–H and O–H groups in total. The van der Waals surface area contributed by atoms with Crippen molar-refractivity contribution < 1.29 is 9.59 Å². The zero-order chi connectivity index (χ0) is 16.4. The first-order valence-electron chi connectivity index (χ1n) is 8.30. The Balaban J connectivity index is 1.45. The van der Waals surface area contributed by atoms with E-state index in [1.165, 1.54) is 6.33 Å². The number of hydrogen-bond acceptors (Lipinski definition) is 4. The molecule has 0 aromatic carbocycles. The Morgan fingerprint density at radius 1 is 1.17 bits per heavy atom. The van der Waals surface area contributed by atoms with Gasteiger partial charge in [0.25, 0.3) is 0 Å². The largest absolute Gasteiger partial charge is 0.342 e. The summed E-state index contributed by atoms with van der Waals surface area (Å²) in [6, 6.07) is 0. The average Bonchev–Trinajstić information content (AvgIpc) is 2.97. The van der Waals surface area contributed by atoms with Crippen molar-refractivity contribution in [3.63, 3.8) is 0 Å². The summed E-state index contributed by atoms with van der Waals surface area (Å²) in [4.78, 5) is 36.2. The molecule has 2 amide bonds. The van der Waals surface area contributed by atoms with Crippen molar-refractivity contribution in [3.8, 4) is 0 Å². The van der Waals surface area contributed by atoms with Crippen molar-refractivity contribution in [2.45, 2.75) is 33.1 Å². The molecule has 1 aromatic heterocycles. The summed E-state index contributed by atoms with van der Waals surface area (Å²) in [5.74, 6) is 0.472. The van der Waals surface area contributed by atoms with Gasteiger partial charge in [-0.2, -0.15) is 0 Å². The van der Waals surface area contributed by atoms with Gasteiger partial charge in [-0.25, -0.2) is 9.97 Å². The van der Waals surface area contributed by atoms with Crippen molar-refractivity contribution in [1.29, 1.82) is 0 Å². The Kier molecular flexibility index (Phi) is 4.33. The normalized spacial score (nSPS) is 19.3. The molecule has 124 valence electrons. The van der Waals surface area contributed by atoms with E-state index in [-0.39, 0.29) is 23.1 Å². The van der Waals surface area contributed by atoms with Gasteiger partial charge in [-0.15, -0.1) is 0 Å². The van der Waals surface area contributed by atoms with Gasteiger partial charge in [0.1, 0.15) is 6.33 Å². The van der Waals surface area contributed by atoms with Crippen molar-refractivity contribution in [2.24, 2.45) is 11.3 Å². The molecule has 3 rings (SSSR count). The fourth-order valence-corrected chi connectivity index (χ4v) is 3.55. The van der Waals surface area contributed by atoms with Gasteiger partial charge in [-0.1, -0.05) is 13.8 Å². The van der Waals surface area contributed by atoms with E-state index in [0.29, 0.717) is 12.8 Å². The Morgan fingerprint density at radius 2 is 1.83 bits per heavy atom. The molecule has 0 atom stereocenters. The van der Waals surface area contributed by atoms with Crippen molar-refractivity contribution >= 4 is 11.8 Å². The van der Waals surface area contributed by atoms with Crippen LogP contribution in [0.4, 0.5) is 0 Å². The molecule has 3 heterocycles. The molecule has 2 fully saturated rings. The topological polar surface area (TPSA) is 66.4 Å². The third-order valence-electron chi connectivity index (χ3n) is 4.89. The number of rotatable bonds is 4. The third-order valence-corrected chi connectivity index (χ3v) is 4.89. The minimum atomic E-state index is 0.0519. The Hall–Kier alpha value is -1.98. The highest BCUT2D eigenvalue weighted by Gasteiger charge is 2.50. The highest BCUT2D eigenvalue weighted by atomic mass is 16.2. The second kappa shape index (κ2) is 6.26. The summed E-state index contributed by atoms with van der Waals surface area (Å²) in [6.45, 7) is 7.10. The van der Waals surface area contributed by atoms with E-state index >= 15 is 0 Å². The smallest absolute Gasteiger partial charge is 0.225 e. The molecule has 2 aliphatic rings. The van der Waals surface area contributed by atoms with Crippen molar-refractivity contribution in [2.75, 3.05) is 26.2 Å². The lowest BCUT2D eigenvalue weighted by Gasteiger charge is -2.48. The number of aromatic nitrogens is 2. The maximum absolute atomic E-state index is 12.3. The van der Waals surface area contributed by atoms with Gasteiger partial charge >= 0.3 is 0 Å². The first-order chi connectivity index (χ1) is 11.0. The number of aryl methyl sites for hydroxylation is 1. The second-order valence-electron chi connectivity index (χ2n) is 7.16. The van der Waals surface area contributed by atoms with E-state index in [4.69, 9.17) is 0 Å². The predicted octanol–water partition coefficient (Wildman–Crippen LogP) is 1.13. The molecule has 1 spiro atoms. The lowest BCUT2D eigenvalue weighted by molar-refractivity contribution is -0.143. The van der Waals surface area contributed by atoms with Crippen LogP contribution in [0.25, 0.3) is 0 Å². The Labute approximate surface area is 136 Å². The quantitative estimate of drug-likeness (QED) is 0.835. The maximum Gasteiger partial charge on any atom is 0.225 e. The van der Waals surface area contributed by atoms with Gasteiger partial charge in [0.2, 0.25) is 11.8 Å². The predicted molar refractivity (Wildman–Crippen MR) is 85.4 cm³/mol. The standard InChI is InChI=1S/C17H24N4O2/c1-13(2)16(23)20-6-5-17(9-20)10-21(11-17)15(22)4-3-14-7-18-12-19-8-14/h7-8,12-13H,3-6,9-11H2,1-2H3. The van der Waals surface area contributed by atoms with E-state index in [1.54, 1.807) is 12.4 Å². The van der Waals surface area contributed by atoms with Crippen LogP contribution in [-0.2, 0) is 16.0 Å². The summed E-state index contributed by atoms with van der Waals surface area (Å²) in [6.07, 6.45) is 7.20. The van der Waals surface area contributed by atoms with Gasteiger partial charge in [-0.3, -0.25) is 9.59 Å². The van der Waals surface area contributed by atoms with Crippen molar-refractivity contribution in [1.82, 2.24) is 19.8 Å². The van der Waals surface area contributed by atoms with Gasteiger partial charge in [0.05, 0.1) is 0 Å². The van der Waals surface area contributed by atoms with Gasteiger partial charge < -0.3 is 9.80 Å². The van der Waals surface area contributed by atoms with Crippen LogP contribution < -0.4 is 0 Å². The molecule has 2 aliphatic heterocycles. The van der Waals surface area contributed by atoms with Gasteiger partial charge in [0, 0.05) is 56.3 Å². The van der Waals surface area contributed by atoms with E-state index in [9.17, 15) is 9.59 Å². The third kappa shape index (κ3) is 3.35. The van der Waals surface area contributed by atoms with Crippen LogP contribution in [-0.4, -0.2) is 57.8 Å². The number of carbonyl (C=O) groups excluding carboxylic acids is 2. The Morgan fingerprint density at radius 3 is 2.48 bits per heavy atom. The molecule has 0 radical (unpaired) electrons. The van der Waals surface area contributed by atoms with Crippen LogP contribution in [0.2, 0.25) is 0 Å². The zero-order valence-electron chi connectivity index (χ0n) is 13.9. The van der Waals surface area contributed by atoms with Crippen molar-refractivity contribution in [3.05, 3.63) is 24.3 Å². The fourth-order valence-electron chi connectivity index (χ4n) is 3.55. The van der Waals surface area contributed by atoms with E-state index in [1.807, 2.05) is 23.6 Å². The molecule has 0 aliphatic carbocycles. The van der Waals surface area contributed by atoms with E-state index < -0.39 is 0 Å². The van der Waals surface area contributed by atoms with Crippen LogP contribution in [0.5, 0.6) is 0 Å². The maximum atomic E-state index is 12.3. The molecule has 23 heavy (non-hydrogen) atoms. The highest BCUT2D eigenvalue weighted by molar-refractivity contribution is 5.79. The number of hydrogen-bond donors (Lipinski definition) is 0. The molecule has 6 nitrogen and oxygen atoms in total. The first-order valence-corrected chi connectivity index (χ1v) is 8.30. The molecule has 0 unspecified atom stereocenters. The number of carbonyl (C=O) groups is 2. The summed E-state index contributed by atoms with van der Waals surface area (Å²) >= 11 is 0. The molecule has 6 heteroatoms. The molecule has 1 aromatic rings. The summed E-state index contributed by atoms with van der Waals surface area (Å²) in [5, 5.41) is 0. The van der Waals surface area contributed by atoms with Crippen LogP contribution >= 0.6 is 0 Å². The van der Waals surface area contributed by atoms with Gasteiger partial charge in [0.15, 0.2) is 0 Å². The van der Waals surface area contributed by atoms with Crippen LogP contribution in [0.3, 0.4) is 0 Å². The number of nitrogens with zero attached hydrogens (tertiary/aromatic N) is 4. The second-order valence-corrected chi connectivity index (χ2v) is 7.16. The molecular weight excluding hydrogens is 292 g/mol.